The average Bonchev–Trinajstić information content (AvgIpc) is 3.37. The largest absolute Gasteiger partial charge is 0.447 e. The van der Waals surface area contributed by atoms with Gasteiger partial charge in [-0.3, -0.25) is 10.1 Å². The molecule has 186 valence electrons. The van der Waals surface area contributed by atoms with Gasteiger partial charge in [-0.05, 0) is 38.8 Å². The van der Waals surface area contributed by atoms with Crippen molar-refractivity contribution < 1.29 is 33.8 Å². The van der Waals surface area contributed by atoms with Crippen molar-refractivity contribution in [1.82, 2.24) is 9.78 Å². The Morgan fingerprint density at radius 1 is 1.24 bits per heavy atom. The molecule has 1 heterocycles. The number of hydrogen-bond donors (Lipinski definition) is 2. The molecule has 1 saturated carbocycles. The lowest BCUT2D eigenvalue weighted by Crippen LogP contribution is -2.30. The molecule has 1 aromatic heterocycles. The smallest absolute Gasteiger partial charge is 0.413 e. The van der Waals surface area contributed by atoms with E-state index in [1.54, 1.807) is 6.07 Å². The van der Waals surface area contributed by atoms with Crippen molar-refractivity contribution in [2.24, 2.45) is 5.73 Å². The summed E-state index contributed by atoms with van der Waals surface area (Å²) in [6.45, 7) is 3.05. The predicted octanol–water partition coefficient (Wildman–Crippen LogP) is 6.18. The molecule has 2 aromatic rings. The second-order valence-corrected chi connectivity index (χ2v) is 11.0. The number of primary amides is 1. The first kappa shape index (κ1) is 25.9. The number of benzene rings is 1. The molecule has 0 radical (unpaired) electrons. The molecule has 3 rings (SSSR count). The topological polar surface area (TPSA) is 123 Å². The van der Waals surface area contributed by atoms with Crippen LogP contribution in [0.4, 0.5) is 30.0 Å². The second-order valence-electron chi connectivity index (χ2n) is 7.83. The highest BCUT2D eigenvalue weighted by atomic mass is 35.5. The Kier molecular flexibility index (Phi) is 5.60. The minimum atomic E-state index is -10.1. The average molecular weight is 548 g/mol. The molecule has 0 spiro atoms. The van der Waals surface area contributed by atoms with Crippen LogP contribution >= 0.6 is 33.4 Å². The van der Waals surface area contributed by atoms with Crippen LogP contribution in [-0.2, 0) is 14.9 Å². The number of amides is 2. The molecule has 1 fully saturated rings. The lowest BCUT2D eigenvalue weighted by Gasteiger charge is -2.40. The number of carbonyl (C=O) groups is 2. The number of nitrogens with one attached hydrogen (secondary N) is 1. The number of ether oxygens (including phenoxy) is 1. The molecule has 8 nitrogen and oxygen atoms in total. The van der Waals surface area contributed by atoms with E-state index in [0.29, 0.717) is 4.68 Å². The third-order valence-electron chi connectivity index (χ3n) is 4.90. The highest BCUT2D eigenvalue weighted by molar-refractivity contribution is 8.45. The summed E-state index contributed by atoms with van der Waals surface area (Å²) >= 11 is 11.8. The Hall–Kier alpha value is -2.76. The molecule has 0 unspecified atom stereocenters. The fourth-order valence-corrected chi connectivity index (χ4v) is 4.74. The van der Waals surface area contributed by atoms with Crippen LogP contribution in [-0.4, -0.2) is 27.9 Å². The molecule has 16 heteroatoms. The highest BCUT2D eigenvalue weighted by Gasteiger charge is 2.65. The van der Waals surface area contributed by atoms with Crippen LogP contribution < -0.4 is 11.1 Å². The van der Waals surface area contributed by atoms with E-state index < -0.39 is 60.1 Å². The lowest BCUT2D eigenvalue weighted by molar-refractivity contribution is -0.120. The number of nitriles is 1. The maximum atomic E-state index is 13.3. The number of aromatic nitrogens is 2. The number of carbonyl (C=O) groups excluding carboxylic acids is 2. The SMILES string of the molecule is CC(C)OC(=O)Nc1c(C2(C(N)=O)CC2)c(C#N)nn1-c1c(Cl)cc(S(F)(F)(F)(F)F)cc1Cl. The van der Waals surface area contributed by atoms with Gasteiger partial charge in [-0.1, -0.05) is 42.6 Å². The standard InChI is InChI=1S/C18H16Cl2F5N5O3S/c1-8(2)33-17(32)28-15-13(18(3-4-18)16(27)31)12(7-26)29-30(15)14-10(19)5-9(6-11(14)20)34(21,22,23,24)25/h5-6,8H,3-4H2,1-2H3,(H2,27,31)(H,28,32). The second kappa shape index (κ2) is 7.37. The van der Waals surface area contributed by atoms with Gasteiger partial charge in [-0.25, -0.2) is 9.48 Å². The number of hydrogen-bond acceptors (Lipinski definition) is 5. The zero-order valence-electron chi connectivity index (χ0n) is 17.3. The Balaban J connectivity index is 2.32. The number of nitrogens with zero attached hydrogens (tertiary/aromatic N) is 3. The molecule has 0 atom stereocenters. The Morgan fingerprint density at radius 2 is 1.76 bits per heavy atom. The van der Waals surface area contributed by atoms with E-state index in [0.717, 1.165) is 0 Å². The van der Waals surface area contributed by atoms with Gasteiger partial charge in [0, 0.05) is 5.56 Å². The number of nitrogens with two attached hydrogens (primary N) is 1. The van der Waals surface area contributed by atoms with Crippen molar-refractivity contribution in [2.45, 2.75) is 43.1 Å². The van der Waals surface area contributed by atoms with Crippen molar-refractivity contribution in [3.63, 3.8) is 0 Å². The molecule has 0 saturated heterocycles. The van der Waals surface area contributed by atoms with Crippen LogP contribution in [0.25, 0.3) is 5.69 Å². The Morgan fingerprint density at radius 3 is 2.15 bits per heavy atom. The quantitative estimate of drug-likeness (QED) is 0.418. The van der Waals surface area contributed by atoms with Crippen LogP contribution in [0.15, 0.2) is 17.0 Å². The van der Waals surface area contributed by atoms with E-state index in [9.17, 15) is 34.3 Å². The lowest BCUT2D eigenvalue weighted by atomic mass is 9.94. The van der Waals surface area contributed by atoms with Crippen LogP contribution in [0.2, 0.25) is 10.0 Å². The first-order chi connectivity index (χ1) is 15.3. The van der Waals surface area contributed by atoms with Gasteiger partial charge in [-0.2, -0.15) is 10.4 Å². The van der Waals surface area contributed by atoms with E-state index >= 15 is 0 Å². The van der Waals surface area contributed by atoms with E-state index in [2.05, 4.69) is 10.4 Å². The monoisotopic (exact) mass is 547 g/mol. The van der Waals surface area contributed by atoms with E-state index in [4.69, 9.17) is 33.7 Å². The summed E-state index contributed by atoms with van der Waals surface area (Å²) < 4.78 is 72.1. The van der Waals surface area contributed by atoms with Gasteiger partial charge in [-0.15, -0.1) is 0 Å². The Labute approximate surface area is 199 Å². The van der Waals surface area contributed by atoms with Crippen molar-refractivity contribution in [2.75, 3.05) is 5.32 Å². The maximum absolute atomic E-state index is 13.3. The summed E-state index contributed by atoms with van der Waals surface area (Å²) in [6, 6.07) is 1.62. The van der Waals surface area contributed by atoms with Crippen LogP contribution in [0.5, 0.6) is 0 Å². The van der Waals surface area contributed by atoms with Gasteiger partial charge in [0.1, 0.15) is 22.5 Å². The molecule has 0 aliphatic heterocycles. The number of rotatable bonds is 6. The zero-order chi connectivity index (χ0) is 25.9. The van der Waals surface area contributed by atoms with E-state index in [1.165, 1.54) is 13.8 Å². The molecule has 34 heavy (non-hydrogen) atoms. The summed E-state index contributed by atoms with van der Waals surface area (Å²) in [5.41, 5.74) is 2.97. The van der Waals surface area contributed by atoms with Gasteiger partial charge < -0.3 is 10.5 Å². The number of halogens is 7. The third-order valence-corrected chi connectivity index (χ3v) is 6.61. The molecule has 1 aliphatic carbocycles. The first-order valence-corrected chi connectivity index (χ1v) is 12.1. The van der Waals surface area contributed by atoms with E-state index in [1.807, 2.05) is 0 Å². The fraction of sp³-hybridized carbons (Fsp3) is 0.333. The molecular weight excluding hydrogens is 532 g/mol. The summed E-state index contributed by atoms with van der Waals surface area (Å²) in [4.78, 5) is 22.1. The van der Waals surface area contributed by atoms with Gasteiger partial charge in [0.25, 0.3) is 0 Å². The van der Waals surface area contributed by atoms with Gasteiger partial charge in [0.05, 0.1) is 21.6 Å². The van der Waals surface area contributed by atoms with Gasteiger partial charge in [0.15, 0.2) is 5.69 Å². The molecule has 1 aliphatic rings. The first-order valence-electron chi connectivity index (χ1n) is 9.35. The summed E-state index contributed by atoms with van der Waals surface area (Å²) in [7, 11) is -10.1. The van der Waals surface area contributed by atoms with Crippen LogP contribution in [0, 0.1) is 11.3 Å². The molecule has 2 amide bonds. The predicted molar refractivity (Wildman–Crippen MR) is 115 cm³/mol. The van der Waals surface area contributed by atoms with Crippen molar-refractivity contribution >= 4 is 51.2 Å². The number of anilines is 1. The zero-order valence-corrected chi connectivity index (χ0v) is 19.7. The maximum Gasteiger partial charge on any atom is 0.413 e. The van der Waals surface area contributed by atoms with E-state index in [-0.39, 0.29) is 36.4 Å². The minimum Gasteiger partial charge on any atom is -0.447 e. The van der Waals surface area contributed by atoms with Gasteiger partial charge >= 0.3 is 16.3 Å². The molecule has 0 bridgehead atoms. The summed E-state index contributed by atoms with van der Waals surface area (Å²) in [5, 5.41) is 13.9. The van der Waals surface area contributed by atoms with Crippen molar-refractivity contribution in [3.8, 4) is 11.8 Å². The van der Waals surface area contributed by atoms with Crippen LogP contribution in [0.1, 0.15) is 37.9 Å². The minimum absolute atomic E-state index is 0.0467. The van der Waals surface area contributed by atoms with Gasteiger partial charge in [0.2, 0.25) is 5.91 Å². The summed E-state index contributed by atoms with van der Waals surface area (Å²) in [6.07, 6.45) is -1.31. The molecule has 1 aromatic carbocycles. The molecular formula is C18H16Cl2F5N5O3S. The molecule has 3 N–H and O–H groups in total. The third kappa shape index (κ3) is 4.73. The van der Waals surface area contributed by atoms with Crippen molar-refractivity contribution in [3.05, 3.63) is 33.4 Å². The fourth-order valence-electron chi connectivity index (χ4n) is 3.28. The highest BCUT2D eigenvalue weighted by Crippen LogP contribution is 3.02. The summed E-state index contributed by atoms with van der Waals surface area (Å²) in [5.74, 6) is -1.24. The Bertz CT molecular complexity index is 1250. The van der Waals surface area contributed by atoms with Crippen molar-refractivity contribution in [1.29, 1.82) is 5.26 Å². The normalized spacial score (nSPS) is 16.9. The van der Waals surface area contributed by atoms with Crippen LogP contribution in [0.3, 0.4) is 0 Å².